The van der Waals surface area contributed by atoms with Crippen molar-refractivity contribution in [2.75, 3.05) is 0 Å². The van der Waals surface area contributed by atoms with Crippen LogP contribution in [0.3, 0.4) is 0 Å². The maximum absolute atomic E-state index is 13.8. The van der Waals surface area contributed by atoms with E-state index in [1.807, 2.05) is 26.0 Å². The van der Waals surface area contributed by atoms with Gasteiger partial charge in [-0.25, -0.2) is 19.4 Å². The molecule has 31 heavy (non-hydrogen) atoms. The minimum absolute atomic E-state index is 0.0232. The SMILES string of the molecule is Cc1ccc(C)n1-c1cc(C(=O)N/N=C/c2cc(C(=O)O)ccc2F)ccc1C(=O)O. The third-order valence-corrected chi connectivity index (χ3v) is 4.62. The number of hydrogen-bond acceptors (Lipinski definition) is 4. The number of amides is 1. The topological polar surface area (TPSA) is 121 Å². The van der Waals surface area contributed by atoms with Crippen molar-refractivity contribution in [2.45, 2.75) is 13.8 Å². The summed E-state index contributed by atoms with van der Waals surface area (Å²) in [5.41, 5.74) is 4.08. The second-order valence-electron chi connectivity index (χ2n) is 6.73. The Bertz CT molecular complexity index is 1210. The summed E-state index contributed by atoms with van der Waals surface area (Å²) in [6.45, 7) is 3.63. The quantitative estimate of drug-likeness (QED) is 0.415. The summed E-state index contributed by atoms with van der Waals surface area (Å²) in [5.74, 6) is -3.71. The van der Waals surface area contributed by atoms with Crippen LogP contribution in [0.15, 0.2) is 53.6 Å². The van der Waals surface area contributed by atoms with E-state index in [4.69, 9.17) is 5.11 Å². The molecule has 1 heterocycles. The number of benzene rings is 2. The molecule has 1 amide bonds. The Morgan fingerprint density at radius 2 is 1.58 bits per heavy atom. The van der Waals surface area contributed by atoms with Gasteiger partial charge >= 0.3 is 11.9 Å². The molecular weight excluding hydrogens is 405 g/mol. The molecular formula is C22H18FN3O5. The summed E-state index contributed by atoms with van der Waals surface area (Å²) in [5, 5.41) is 22.2. The number of nitrogens with zero attached hydrogens (tertiary/aromatic N) is 2. The molecule has 0 aliphatic rings. The van der Waals surface area contributed by atoms with Gasteiger partial charge in [0, 0.05) is 22.5 Å². The van der Waals surface area contributed by atoms with Crippen LogP contribution in [0.1, 0.15) is 48.0 Å². The van der Waals surface area contributed by atoms with E-state index in [0.29, 0.717) is 5.69 Å². The van der Waals surface area contributed by atoms with Gasteiger partial charge in [0.1, 0.15) is 5.82 Å². The molecule has 0 atom stereocenters. The summed E-state index contributed by atoms with van der Waals surface area (Å²) < 4.78 is 15.5. The molecule has 0 spiro atoms. The highest BCUT2D eigenvalue weighted by Gasteiger charge is 2.17. The summed E-state index contributed by atoms with van der Waals surface area (Å²) in [7, 11) is 0. The number of carbonyl (C=O) groups is 3. The molecule has 0 saturated carbocycles. The fourth-order valence-electron chi connectivity index (χ4n) is 3.09. The van der Waals surface area contributed by atoms with Gasteiger partial charge in [0.15, 0.2) is 0 Å². The van der Waals surface area contributed by atoms with Gasteiger partial charge in [-0.1, -0.05) is 0 Å². The van der Waals surface area contributed by atoms with E-state index in [1.165, 1.54) is 18.2 Å². The third kappa shape index (κ3) is 4.50. The van der Waals surface area contributed by atoms with Crippen molar-refractivity contribution in [1.82, 2.24) is 9.99 Å². The van der Waals surface area contributed by atoms with E-state index in [1.54, 1.807) is 4.57 Å². The first-order valence-electron chi connectivity index (χ1n) is 9.08. The fourth-order valence-corrected chi connectivity index (χ4v) is 3.09. The summed E-state index contributed by atoms with van der Waals surface area (Å²) >= 11 is 0. The molecule has 0 radical (unpaired) electrons. The molecule has 158 valence electrons. The number of hydrazone groups is 1. The predicted octanol–water partition coefficient (Wildman–Crippen LogP) is 3.39. The number of aromatic nitrogens is 1. The van der Waals surface area contributed by atoms with Crippen molar-refractivity contribution in [3.05, 3.63) is 88.0 Å². The van der Waals surface area contributed by atoms with Crippen LogP contribution in [0, 0.1) is 19.7 Å². The number of halogens is 1. The Labute approximate surface area is 176 Å². The van der Waals surface area contributed by atoms with E-state index in [0.717, 1.165) is 35.8 Å². The molecule has 8 nitrogen and oxygen atoms in total. The van der Waals surface area contributed by atoms with Gasteiger partial charge in [0.2, 0.25) is 0 Å². The fraction of sp³-hybridized carbons (Fsp3) is 0.0909. The van der Waals surface area contributed by atoms with E-state index in [9.17, 15) is 23.9 Å². The molecule has 0 saturated heterocycles. The van der Waals surface area contributed by atoms with Crippen molar-refractivity contribution < 1.29 is 29.0 Å². The lowest BCUT2D eigenvalue weighted by molar-refractivity contribution is 0.0686. The standard InChI is InChI=1S/C22H18FN3O5/c1-12-3-4-13(2)26(12)19-10-14(5-7-17(19)22(30)31)20(27)25-24-11-16-9-15(21(28)29)6-8-18(16)23/h3-11H,1-2H3,(H,25,27)(H,28,29)(H,30,31)/b24-11+. The van der Waals surface area contributed by atoms with Crippen LogP contribution in [0.2, 0.25) is 0 Å². The number of hydrogen-bond donors (Lipinski definition) is 3. The van der Waals surface area contributed by atoms with Crippen LogP contribution < -0.4 is 5.43 Å². The van der Waals surface area contributed by atoms with E-state index in [2.05, 4.69) is 10.5 Å². The first-order chi connectivity index (χ1) is 14.7. The Morgan fingerprint density at radius 3 is 2.19 bits per heavy atom. The second-order valence-corrected chi connectivity index (χ2v) is 6.73. The van der Waals surface area contributed by atoms with Gasteiger partial charge in [-0.05, 0) is 62.4 Å². The van der Waals surface area contributed by atoms with Crippen molar-refractivity contribution in [3.8, 4) is 5.69 Å². The molecule has 2 aromatic carbocycles. The van der Waals surface area contributed by atoms with Crippen LogP contribution in [0.4, 0.5) is 4.39 Å². The highest BCUT2D eigenvalue weighted by molar-refractivity contribution is 5.99. The molecule has 0 fully saturated rings. The van der Waals surface area contributed by atoms with Crippen LogP contribution in [-0.4, -0.2) is 38.8 Å². The minimum Gasteiger partial charge on any atom is -0.478 e. The Balaban J connectivity index is 1.89. The van der Waals surface area contributed by atoms with Crippen LogP contribution in [0.25, 0.3) is 5.69 Å². The molecule has 0 aliphatic carbocycles. The molecule has 0 aliphatic heterocycles. The Morgan fingerprint density at radius 1 is 0.935 bits per heavy atom. The molecule has 3 rings (SSSR count). The first kappa shape index (κ1) is 21.4. The molecule has 9 heteroatoms. The number of rotatable bonds is 6. The Kier molecular flexibility index (Phi) is 5.96. The molecule has 0 bridgehead atoms. The average Bonchev–Trinajstić information content (AvgIpc) is 3.06. The Hall–Kier alpha value is -4.27. The lowest BCUT2D eigenvalue weighted by atomic mass is 10.1. The number of nitrogens with one attached hydrogen (secondary N) is 1. The zero-order chi connectivity index (χ0) is 22.7. The predicted molar refractivity (Wildman–Crippen MR) is 111 cm³/mol. The van der Waals surface area contributed by atoms with Gasteiger partial charge in [-0.15, -0.1) is 0 Å². The van der Waals surface area contributed by atoms with Crippen molar-refractivity contribution in [2.24, 2.45) is 5.10 Å². The second kappa shape index (κ2) is 8.62. The van der Waals surface area contributed by atoms with Crippen LogP contribution in [0.5, 0.6) is 0 Å². The highest BCUT2D eigenvalue weighted by Crippen LogP contribution is 2.22. The largest absolute Gasteiger partial charge is 0.478 e. The smallest absolute Gasteiger partial charge is 0.337 e. The monoisotopic (exact) mass is 423 g/mol. The molecule has 3 N–H and O–H groups in total. The maximum atomic E-state index is 13.8. The summed E-state index contributed by atoms with van der Waals surface area (Å²) in [6, 6.07) is 11.0. The maximum Gasteiger partial charge on any atom is 0.337 e. The number of carboxylic acids is 2. The van der Waals surface area contributed by atoms with E-state index in [-0.39, 0.29) is 22.3 Å². The van der Waals surface area contributed by atoms with Gasteiger partial charge in [-0.3, -0.25) is 4.79 Å². The zero-order valence-corrected chi connectivity index (χ0v) is 16.6. The third-order valence-electron chi connectivity index (χ3n) is 4.62. The average molecular weight is 423 g/mol. The molecule has 3 aromatic rings. The van der Waals surface area contributed by atoms with Crippen LogP contribution in [-0.2, 0) is 0 Å². The number of carbonyl (C=O) groups excluding carboxylic acids is 1. The number of aryl methyl sites for hydroxylation is 2. The minimum atomic E-state index is -1.22. The first-order valence-corrected chi connectivity index (χ1v) is 9.08. The van der Waals surface area contributed by atoms with Gasteiger partial charge in [0.25, 0.3) is 5.91 Å². The zero-order valence-electron chi connectivity index (χ0n) is 16.6. The van der Waals surface area contributed by atoms with Crippen molar-refractivity contribution >= 4 is 24.1 Å². The van der Waals surface area contributed by atoms with Crippen molar-refractivity contribution in [1.29, 1.82) is 0 Å². The summed E-state index contributed by atoms with van der Waals surface area (Å²) in [6.07, 6.45) is 0.993. The van der Waals surface area contributed by atoms with Gasteiger partial charge < -0.3 is 14.8 Å². The van der Waals surface area contributed by atoms with E-state index >= 15 is 0 Å². The molecule has 1 aromatic heterocycles. The van der Waals surface area contributed by atoms with Gasteiger partial charge in [-0.2, -0.15) is 5.10 Å². The normalized spacial score (nSPS) is 10.9. The highest BCUT2D eigenvalue weighted by atomic mass is 19.1. The van der Waals surface area contributed by atoms with Crippen molar-refractivity contribution in [3.63, 3.8) is 0 Å². The summed E-state index contributed by atoms with van der Waals surface area (Å²) in [4.78, 5) is 35.1. The lowest BCUT2D eigenvalue weighted by Crippen LogP contribution is -2.19. The molecule has 0 unspecified atom stereocenters. The van der Waals surface area contributed by atoms with Crippen LogP contribution >= 0.6 is 0 Å². The van der Waals surface area contributed by atoms with Gasteiger partial charge in [0.05, 0.1) is 23.0 Å². The lowest BCUT2D eigenvalue weighted by Gasteiger charge is -2.14. The number of aromatic carboxylic acids is 2. The number of carboxylic acid groups (broad SMARTS) is 2. The van der Waals surface area contributed by atoms with E-state index < -0.39 is 23.7 Å².